The van der Waals surface area contributed by atoms with E-state index < -0.39 is 8.80 Å². The lowest BCUT2D eigenvalue weighted by Gasteiger charge is -2.12. The van der Waals surface area contributed by atoms with E-state index in [9.17, 15) is 0 Å². The molecule has 0 N–H and O–H groups in total. The third-order valence-corrected chi connectivity index (χ3v) is 4.42. The van der Waals surface area contributed by atoms with E-state index in [1.165, 1.54) is 5.19 Å². The van der Waals surface area contributed by atoms with Crippen LogP contribution in [0.5, 0.6) is 5.75 Å². The van der Waals surface area contributed by atoms with Crippen LogP contribution in [0.4, 0.5) is 0 Å². The molecule has 2 heterocycles. The van der Waals surface area contributed by atoms with Gasteiger partial charge in [-0.3, -0.25) is 9.97 Å². The highest BCUT2D eigenvalue weighted by Crippen LogP contribution is 2.16. The van der Waals surface area contributed by atoms with Crippen LogP contribution in [0.25, 0.3) is 11.4 Å². The summed E-state index contributed by atoms with van der Waals surface area (Å²) in [6.45, 7) is 7.24. The fourth-order valence-electron chi connectivity index (χ4n) is 1.86. The van der Waals surface area contributed by atoms with E-state index in [1.807, 2.05) is 25.1 Å². The van der Waals surface area contributed by atoms with Crippen molar-refractivity contribution in [2.24, 2.45) is 0 Å². The van der Waals surface area contributed by atoms with E-state index in [0.29, 0.717) is 6.61 Å². The van der Waals surface area contributed by atoms with Gasteiger partial charge in [0.2, 0.25) is 0 Å². The average molecular weight is 258 g/mol. The third kappa shape index (κ3) is 2.76. The van der Waals surface area contributed by atoms with E-state index in [1.54, 1.807) is 12.4 Å². The minimum atomic E-state index is -0.974. The summed E-state index contributed by atoms with van der Waals surface area (Å²) in [7, 11) is -0.974. The molecule has 0 bridgehead atoms. The topological polar surface area (TPSA) is 35.0 Å². The summed E-state index contributed by atoms with van der Waals surface area (Å²) < 4.78 is 5.53. The van der Waals surface area contributed by atoms with Crippen molar-refractivity contribution < 1.29 is 4.74 Å². The van der Waals surface area contributed by atoms with Gasteiger partial charge in [0.1, 0.15) is 5.75 Å². The van der Waals surface area contributed by atoms with E-state index in [0.717, 1.165) is 17.1 Å². The second-order valence-electron chi connectivity index (χ2n) is 4.41. The monoisotopic (exact) mass is 258 g/mol. The van der Waals surface area contributed by atoms with E-state index >= 15 is 0 Å². The van der Waals surface area contributed by atoms with E-state index in [2.05, 4.69) is 29.1 Å². The van der Waals surface area contributed by atoms with Crippen LogP contribution in [0.3, 0.4) is 0 Å². The Kier molecular flexibility index (Phi) is 4.10. The number of ether oxygens (including phenoxy) is 1. The van der Waals surface area contributed by atoms with Gasteiger partial charge in [0.05, 0.1) is 33.0 Å². The summed E-state index contributed by atoms with van der Waals surface area (Å²) in [6, 6.07) is 8.04. The van der Waals surface area contributed by atoms with E-state index in [4.69, 9.17) is 4.74 Å². The molecule has 0 aromatic carbocycles. The summed E-state index contributed by atoms with van der Waals surface area (Å²) >= 11 is 0. The van der Waals surface area contributed by atoms with Gasteiger partial charge in [0.25, 0.3) is 0 Å². The Labute approximate surface area is 109 Å². The number of rotatable bonds is 4. The van der Waals surface area contributed by atoms with Crippen molar-refractivity contribution in [1.29, 1.82) is 0 Å². The molecule has 94 valence electrons. The summed E-state index contributed by atoms with van der Waals surface area (Å²) in [5, 5.41) is 1.31. The standard InChI is InChI=1S/C14H18N2OSi/c1-4-17-11-9-13(18(2)3)14(16-10-11)12-7-5-6-8-15-12/h5-10,18H,4H2,1-3H3. The zero-order chi connectivity index (χ0) is 13.0. The molecule has 0 unspecified atom stereocenters. The molecule has 0 radical (unpaired) electrons. The lowest BCUT2D eigenvalue weighted by atomic mass is 10.2. The van der Waals surface area contributed by atoms with Gasteiger partial charge in [0.15, 0.2) is 0 Å². The minimum Gasteiger partial charge on any atom is -0.492 e. The fraction of sp³-hybridized carbons (Fsp3) is 0.286. The Morgan fingerprint density at radius 2 is 2.06 bits per heavy atom. The third-order valence-electron chi connectivity index (χ3n) is 2.73. The van der Waals surface area contributed by atoms with Gasteiger partial charge in [-0.2, -0.15) is 0 Å². The maximum atomic E-state index is 5.53. The van der Waals surface area contributed by atoms with Crippen molar-refractivity contribution in [3.8, 4) is 17.1 Å². The van der Waals surface area contributed by atoms with Crippen molar-refractivity contribution in [2.75, 3.05) is 6.61 Å². The molecule has 2 aromatic rings. The number of aromatic nitrogens is 2. The number of hydrogen-bond acceptors (Lipinski definition) is 3. The molecule has 18 heavy (non-hydrogen) atoms. The molecule has 3 nitrogen and oxygen atoms in total. The van der Waals surface area contributed by atoms with Gasteiger partial charge in [-0.1, -0.05) is 19.2 Å². The molecule has 2 rings (SSSR count). The fourth-order valence-corrected chi connectivity index (χ4v) is 3.13. The van der Waals surface area contributed by atoms with Crippen LogP contribution in [0, 0.1) is 0 Å². The predicted molar refractivity (Wildman–Crippen MR) is 77.1 cm³/mol. The first-order chi connectivity index (χ1) is 8.72. The lowest BCUT2D eigenvalue weighted by Crippen LogP contribution is -2.26. The predicted octanol–water partition coefficient (Wildman–Crippen LogP) is 2.24. The second kappa shape index (κ2) is 5.77. The van der Waals surface area contributed by atoms with Crippen LogP contribution in [-0.2, 0) is 0 Å². The first-order valence-corrected chi connectivity index (χ1v) is 9.15. The minimum absolute atomic E-state index is 0.670. The van der Waals surface area contributed by atoms with Crippen molar-refractivity contribution in [2.45, 2.75) is 20.0 Å². The van der Waals surface area contributed by atoms with Crippen LogP contribution >= 0.6 is 0 Å². The number of nitrogens with zero attached hydrogens (tertiary/aromatic N) is 2. The smallest absolute Gasteiger partial charge is 0.137 e. The molecular formula is C14H18N2OSi. The Balaban J connectivity index is 2.47. The quantitative estimate of drug-likeness (QED) is 0.789. The highest BCUT2D eigenvalue weighted by Gasteiger charge is 2.13. The van der Waals surface area contributed by atoms with Crippen molar-refractivity contribution in [1.82, 2.24) is 9.97 Å². The average Bonchev–Trinajstić information content (AvgIpc) is 2.40. The Morgan fingerprint density at radius 1 is 1.22 bits per heavy atom. The molecule has 0 saturated carbocycles. The van der Waals surface area contributed by atoms with Crippen LogP contribution < -0.4 is 9.92 Å². The van der Waals surface area contributed by atoms with Gasteiger partial charge in [0, 0.05) is 6.20 Å². The van der Waals surface area contributed by atoms with Gasteiger partial charge >= 0.3 is 0 Å². The maximum absolute atomic E-state index is 5.53. The number of hydrogen-bond donors (Lipinski definition) is 0. The van der Waals surface area contributed by atoms with Crippen LogP contribution in [0.15, 0.2) is 36.7 Å². The summed E-state index contributed by atoms with van der Waals surface area (Å²) in [4.78, 5) is 8.92. The molecule has 0 amide bonds. The Bertz CT molecular complexity index is 514. The molecule has 4 heteroatoms. The van der Waals surface area contributed by atoms with Crippen LogP contribution in [0.2, 0.25) is 13.1 Å². The van der Waals surface area contributed by atoms with Gasteiger partial charge in [-0.25, -0.2) is 0 Å². The molecule has 0 saturated heterocycles. The summed E-state index contributed by atoms with van der Waals surface area (Å²) in [5.41, 5.74) is 1.94. The summed E-state index contributed by atoms with van der Waals surface area (Å²) in [6.07, 6.45) is 3.59. The largest absolute Gasteiger partial charge is 0.492 e. The molecule has 0 aliphatic heterocycles. The van der Waals surface area contributed by atoms with Crippen LogP contribution in [-0.4, -0.2) is 25.4 Å². The zero-order valence-electron chi connectivity index (χ0n) is 11.1. The first kappa shape index (κ1) is 12.8. The molecule has 0 fully saturated rings. The van der Waals surface area contributed by atoms with Crippen molar-refractivity contribution in [3.05, 3.63) is 36.7 Å². The second-order valence-corrected chi connectivity index (χ2v) is 7.34. The Morgan fingerprint density at radius 3 is 2.67 bits per heavy atom. The molecule has 0 spiro atoms. The molecule has 0 aliphatic carbocycles. The van der Waals surface area contributed by atoms with Gasteiger partial charge in [-0.15, -0.1) is 0 Å². The van der Waals surface area contributed by atoms with E-state index in [-0.39, 0.29) is 0 Å². The highest BCUT2D eigenvalue weighted by molar-refractivity contribution is 6.72. The Hall–Kier alpha value is -1.68. The maximum Gasteiger partial charge on any atom is 0.137 e. The van der Waals surface area contributed by atoms with Crippen molar-refractivity contribution in [3.63, 3.8) is 0 Å². The summed E-state index contributed by atoms with van der Waals surface area (Å²) in [5.74, 6) is 0.855. The zero-order valence-corrected chi connectivity index (χ0v) is 12.2. The molecule has 2 aromatic heterocycles. The first-order valence-electron chi connectivity index (χ1n) is 6.26. The lowest BCUT2D eigenvalue weighted by molar-refractivity contribution is 0.339. The highest BCUT2D eigenvalue weighted by atomic mass is 28.3. The van der Waals surface area contributed by atoms with Crippen LogP contribution in [0.1, 0.15) is 6.92 Å². The normalized spacial score (nSPS) is 10.7. The van der Waals surface area contributed by atoms with Gasteiger partial charge < -0.3 is 4.74 Å². The molecular weight excluding hydrogens is 240 g/mol. The van der Waals surface area contributed by atoms with Gasteiger partial charge in [-0.05, 0) is 30.3 Å². The van der Waals surface area contributed by atoms with Crippen molar-refractivity contribution >= 4 is 14.0 Å². The molecule has 0 atom stereocenters. The SMILES string of the molecule is CCOc1cnc(-c2ccccn2)c([SiH](C)C)c1. The number of pyridine rings is 2. The molecule has 0 aliphatic rings.